The summed E-state index contributed by atoms with van der Waals surface area (Å²) in [5, 5.41) is 3.00. The Bertz CT molecular complexity index is 646. The van der Waals surface area contributed by atoms with Crippen LogP contribution in [0.15, 0.2) is 54.6 Å². The number of halogens is 1. The summed E-state index contributed by atoms with van der Waals surface area (Å²) in [4.78, 5) is 12.7. The molecule has 1 saturated heterocycles. The minimum Gasteiger partial charge on any atom is -0.373 e. The summed E-state index contributed by atoms with van der Waals surface area (Å²) in [5.74, 6) is -0.153. The average molecular weight is 347 g/mol. The number of rotatable bonds is 4. The molecule has 3 rings (SSSR count). The first-order valence-electron chi connectivity index (χ1n) is 8.04. The highest BCUT2D eigenvalue weighted by Gasteiger charge is 2.33. The second kappa shape index (κ2) is 8.83. The third-order valence-corrected chi connectivity index (χ3v) is 4.24. The zero-order valence-corrected chi connectivity index (χ0v) is 14.3. The van der Waals surface area contributed by atoms with Gasteiger partial charge in [-0.25, -0.2) is 0 Å². The first-order valence-corrected chi connectivity index (χ1v) is 8.04. The highest BCUT2D eigenvalue weighted by molar-refractivity contribution is 5.93. The smallest absolute Gasteiger partial charge is 0.230 e. The minimum atomic E-state index is -0.173. The molecule has 0 aliphatic carbocycles. The standard InChI is InChI=1S/C19H22N2O2.ClH/c20-13-14-8-10-16(11-9-14)21-19(22)17-7-4-12-23-18(17)15-5-2-1-3-6-15;/h1-3,5-6,8-11,17-18H,4,7,12-13,20H2,(H,21,22);1H. The summed E-state index contributed by atoms with van der Waals surface area (Å²) in [6.45, 7) is 1.20. The van der Waals surface area contributed by atoms with Crippen molar-refractivity contribution in [2.45, 2.75) is 25.5 Å². The Labute approximate surface area is 148 Å². The highest BCUT2D eigenvalue weighted by atomic mass is 35.5. The molecule has 1 aliphatic heterocycles. The van der Waals surface area contributed by atoms with Crippen LogP contribution in [0.25, 0.3) is 0 Å². The van der Waals surface area contributed by atoms with Gasteiger partial charge in [-0.1, -0.05) is 42.5 Å². The molecule has 1 heterocycles. The third-order valence-electron chi connectivity index (χ3n) is 4.24. The molecular formula is C19H23ClN2O2. The maximum absolute atomic E-state index is 12.7. The van der Waals surface area contributed by atoms with E-state index in [1.165, 1.54) is 0 Å². The van der Waals surface area contributed by atoms with Crippen molar-refractivity contribution < 1.29 is 9.53 Å². The summed E-state index contributed by atoms with van der Waals surface area (Å²) in [6.07, 6.45) is 1.58. The maximum Gasteiger partial charge on any atom is 0.230 e. The molecule has 0 bridgehead atoms. The van der Waals surface area contributed by atoms with Crippen LogP contribution in [0.1, 0.15) is 30.1 Å². The van der Waals surface area contributed by atoms with Gasteiger partial charge in [-0.15, -0.1) is 12.4 Å². The Morgan fingerprint density at radius 2 is 1.83 bits per heavy atom. The first kappa shape index (κ1) is 18.5. The molecule has 3 N–H and O–H groups in total. The zero-order valence-electron chi connectivity index (χ0n) is 13.5. The summed E-state index contributed by atoms with van der Waals surface area (Å²) in [7, 11) is 0. The lowest BCUT2D eigenvalue weighted by Crippen LogP contribution is -2.33. The van der Waals surface area contributed by atoms with Gasteiger partial charge in [0.2, 0.25) is 5.91 Å². The highest BCUT2D eigenvalue weighted by Crippen LogP contribution is 2.34. The number of benzene rings is 2. The van der Waals surface area contributed by atoms with E-state index in [1.54, 1.807) is 0 Å². The normalized spacial score (nSPS) is 20.0. The topological polar surface area (TPSA) is 64.3 Å². The molecule has 24 heavy (non-hydrogen) atoms. The minimum absolute atomic E-state index is 0. The molecule has 0 spiro atoms. The Morgan fingerprint density at radius 1 is 1.12 bits per heavy atom. The van der Waals surface area contributed by atoms with Crippen molar-refractivity contribution >= 4 is 24.0 Å². The predicted molar refractivity (Wildman–Crippen MR) is 98.1 cm³/mol. The molecule has 2 aromatic carbocycles. The van der Waals surface area contributed by atoms with E-state index in [4.69, 9.17) is 10.5 Å². The van der Waals surface area contributed by atoms with Crippen molar-refractivity contribution in [3.63, 3.8) is 0 Å². The quantitative estimate of drug-likeness (QED) is 0.887. The number of hydrogen-bond donors (Lipinski definition) is 2. The van der Waals surface area contributed by atoms with Gasteiger partial charge in [0.05, 0.1) is 12.0 Å². The molecule has 0 aromatic heterocycles. The second-order valence-corrected chi connectivity index (χ2v) is 5.84. The van der Waals surface area contributed by atoms with Crippen LogP contribution in [0.5, 0.6) is 0 Å². The molecule has 2 aromatic rings. The lowest BCUT2D eigenvalue weighted by molar-refractivity contribution is -0.129. The van der Waals surface area contributed by atoms with Crippen molar-refractivity contribution in [1.29, 1.82) is 0 Å². The van der Waals surface area contributed by atoms with Gasteiger partial charge in [-0.3, -0.25) is 4.79 Å². The third kappa shape index (κ3) is 4.35. The van der Waals surface area contributed by atoms with Crippen molar-refractivity contribution in [2.24, 2.45) is 11.7 Å². The summed E-state index contributed by atoms with van der Waals surface area (Å²) < 4.78 is 5.89. The molecule has 2 unspecified atom stereocenters. The molecule has 4 nitrogen and oxygen atoms in total. The number of amides is 1. The van der Waals surface area contributed by atoms with Gasteiger partial charge in [-0.05, 0) is 36.1 Å². The van der Waals surface area contributed by atoms with Gasteiger partial charge >= 0.3 is 0 Å². The fourth-order valence-electron chi connectivity index (χ4n) is 2.98. The van der Waals surface area contributed by atoms with Crippen LogP contribution in [-0.2, 0) is 16.1 Å². The summed E-state index contributed by atoms with van der Waals surface area (Å²) in [6, 6.07) is 17.6. The van der Waals surface area contributed by atoms with Gasteiger partial charge in [0, 0.05) is 18.8 Å². The Hall–Kier alpha value is -1.88. The van der Waals surface area contributed by atoms with Crippen LogP contribution in [0.3, 0.4) is 0 Å². The van der Waals surface area contributed by atoms with Gasteiger partial charge in [0.15, 0.2) is 0 Å². The molecule has 1 aliphatic rings. The van der Waals surface area contributed by atoms with Gasteiger partial charge in [0.25, 0.3) is 0 Å². The zero-order chi connectivity index (χ0) is 16.1. The number of nitrogens with two attached hydrogens (primary N) is 1. The Kier molecular flexibility index (Phi) is 6.79. The van der Waals surface area contributed by atoms with Crippen LogP contribution < -0.4 is 11.1 Å². The SMILES string of the molecule is Cl.NCc1ccc(NC(=O)C2CCCOC2c2ccccc2)cc1. The van der Waals surface area contributed by atoms with Crippen LogP contribution in [0.2, 0.25) is 0 Å². The summed E-state index contributed by atoms with van der Waals surface area (Å²) in [5.41, 5.74) is 8.50. The monoisotopic (exact) mass is 346 g/mol. The fourth-order valence-corrected chi connectivity index (χ4v) is 2.98. The number of anilines is 1. The molecule has 0 radical (unpaired) electrons. The van der Waals surface area contributed by atoms with E-state index in [1.807, 2.05) is 54.6 Å². The molecule has 5 heteroatoms. The first-order chi connectivity index (χ1) is 11.3. The van der Waals surface area contributed by atoms with E-state index in [-0.39, 0.29) is 30.3 Å². The fraction of sp³-hybridized carbons (Fsp3) is 0.316. The number of carbonyl (C=O) groups excluding carboxylic acids is 1. The number of nitrogens with one attached hydrogen (secondary N) is 1. The van der Waals surface area contributed by atoms with Crippen molar-refractivity contribution in [1.82, 2.24) is 0 Å². The average Bonchev–Trinajstić information content (AvgIpc) is 2.63. The Morgan fingerprint density at radius 3 is 2.50 bits per heavy atom. The molecule has 1 amide bonds. The lowest BCUT2D eigenvalue weighted by Gasteiger charge is -2.31. The van der Waals surface area contributed by atoms with Crippen LogP contribution in [0, 0.1) is 5.92 Å². The number of hydrogen-bond acceptors (Lipinski definition) is 3. The van der Waals surface area contributed by atoms with Crippen LogP contribution >= 0.6 is 12.4 Å². The lowest BCUT2D eigenvalue weighted by atomic mass is 9.88. The van der Waals surface area contributed by atoms with E-state index in [0.717, 1.165) is 29.7 Å². The largest absolute Gasteiger partial charge is 0.373 e. The predicted octanol–water partition coefficient (Wildman–Crippen LogP) is 3.67. The van der Waals surface area contributed by atoms with E-state index in [2.05, 4.69) is 5.32 Å². The van der Waals surface area contributed by atoms with E-state index in [0.29, 0.717) is 13.2 Å². The second-order valence-electron chi connectivity index (χ2n) is 5.84. The molecule has 2 atom stereocenters. The van der Waals surface area contributed by atoms with Gasteiger partial charge < -0.3 is 15.8 Å². The maximum atomic E-state index is 12.7. The van der Waals surface area contributed by atoms with Crippen LogP contribution in [0.4, 0.5) is 5.69 Å². The van der Waals surface area contributed by atoms with Crippen molar-refractivity contribution in [3.05, 3.63) is 65.7 Å². The molecule has 128 valence electrons. The van der Waals surface area contributed by atoms with E-state index in [9.17, 15) is 4.79 Å². The molecule has 0 saturated carbocycles. The van der Waals surface area contributed by atoms with Crippen molar-refractivity contribution in [2.75, 3.05) is 11.9 Å². The summed E-state index contributed by atoms with van der Waals surface area (Å²) >= 11 is 0. The Balaban J connectivity index is 0.00000208. The number of ether oxygens (including phenoxy) is 1. The van der Waals surface area contributed by atoms with Gasteiger partial charge in [0.1, 0.15) is 0 Å². The van der Waals surface area contributed by atoms with Crippen molar-refractivity contribution in [3.8, 4) is 0 Å². The van der Waals surface area contributed by atoms with E-state index >= 15 is 0 Å². The van der Waals surface area contributed by atoms with Crippen LogP contribution in [-0.4, -0.2) is 12.5 Å². The molecular weight excluding hydrogens is 324 g/mol. The van der Waals surface area contributed by atoms with Gasteiger partial charge in [-0.2, -0.15) is 0 Å². The molecule has 1 fully saturated rings. The van der Waals surface area contributed by atoms with E-state index < -0.39 is 0 Å². The number of carbonyl (C=O) groups is 1.